The van der Waals surface area contributed by atoms with Gasteiger partial charge in [0.05, 0.1) is 13.2 Å². The third-order valence-corrected chi connectivity index (χ3v) is 4.34. The molecule has 0 amide bonds. The molecule has 0 unspecified atom stereocenters. The van der Waals surface area contributed by atoms with Crippen molar-refractivity contribution in [1.29, 1.82) is 0 Å². The highest BCUT2D eigenvalue weighted by Crippen LogP contribution is 2.16. The first-order chi connectivity index (χ1) is 12.8. The molecule has 136 valence electrons. The van der Waals surface area contributed by atoms with Gasteiger partial charge in [0.15, 0.2) is 0 Å². The Labute approximate surface area is 158 Å². The second kappa shape index (κ2) is 11.2. The van der Waals surface area contributed by atoms with Crippen molar-refractivity contribution in [2.75, 3.05) is 13.7 Å². The summed E-state index contributed by atoms with van der Waals surface area (Å²) < 4.78 is 5.26. The maximum absolute atomic E-state index is 5.26. The van der Waals surface area contributed by atoms with Gasteiger partial charge in [-0.15, -0.1) is 6.58 Å². The number of rotatable bonds is 9. The van der Waals surface area contributed by atoms with Gasteiger partial charge in [-0.25, -0.2) is 0 Å². The zero-order valence-corrected chi connectivity index (χ0v) is 15.9. The quantitative estimate of drug-likeness (QED) is 0.451. The number of nitrogens with zero attached hydrogens (tertiary/aromatic N) is 1. The Hall–Kier alpha value is -2.50. The molecule has 0 aliphatic rings. The number of unbranched alkanes of at least 4 members (excludes halogenated alkanes) is 1. The van der Waals surface area contributed by atoms with Crippen molar-refractivity contribution >= 4 is 0 Å². The fourth-order valence-corrected chi connectivity index (χ4v) is 2.86. The smallest absolute Gasteiger partial charge is 0.118 e. The summed E-state index contributed by atoms with van der Waals surface area (Å²) in [6.45, 7) is 7.84. The van der Waals surface area contributed by atoms with Crippen LogP contribution >= 0.6 is 0 Å². The fraction of sp³-hybridized carbons (Fsp3) is 0.333. The van der Waals surface area contributed by atoms with E-state index in [1.807, 2.05) is 36.4 Å². The number of benzene rings is 2. The largest absolute Gasteiger partial charge is 0.497 e. The van der Waals surface area contributed by atoms with E-state index in [-0.39, 0.29) is 6.04 Å². The summed E-state index contributed by atoms with van der Waals surface area (Å²) in [5.41, 5.74) is 2.33. The molecule has 0 saturated heterocycles. The second-order valence-electron chi connectivity index (χ2n) is 6.36. The fourth-order valence-electron chi connectivity index (χ4n) is 2.86. The predicted molar refractivity (Wildman–Crippen MR) is 110 cm³/mol. The van der Waals surface area contributed by atoms with E-state index in [9.17, 15) is 0 Å². The third-order valence-electron chi connectivity index (χ3n) is 4.34. The number of hydrogen-bond acceptors (Lipinski definition) is 2. The van der Waals surface area contributed by atoms with Crippen LogP contribution in [-0.4, -0.2) is 24.6 Å². The molecule has 0 fully saturated rings. The monoisotopic (exact) mass is 347 g/mol. The van der Waals surface area contributed by atoms with Crippen molar-refractivity contribution in [1.82, 2.24) is 4.90 Å². The van der Waals surface area contributed by atoms with Crippen molar-refractivity contribution in [3.05, 3.63) is 78.4 Å². The van der Waals surface area contributed by atoms with Crippen LogP contribution in [0.4, 0.5) is 0 Å². The van der Waals surface area contributed by atoms with Gasteiger partial charge in [0, 0.05) is 18.7 Å². The summed E-state index contributed by atoms with van der Waals surface area (Å²) in [5, 5.41) is 0. The lowest BCUT2D eigenvalue weighted by Gasteiger charge is -2.27. The Morgan fingerprint density at radius 3 is 2.46 bits per heavy atom. The van der Waals surface area contributed by atoms with Crippen LogP contribution in [0.3, 0.4) is 0 Å². The molecule has 2 aromatic carbocycles. The summed E-state index contributed by atoms with van der Waals surface area (Å²) in [7, 11) is 1.69. The first-order valence-corrected chi connectivity index (χ1v) is 9.31. The van der Waals surface area contributed by atoms with Crippen LogP contribution in [0.2, 0.25) is 0 Å². The van der Waals surface area contributed by atoms with Crippen LogP contribution in [-0.2, 0) is 6.54 Å². The zero-order chi connectivity index (χ0) is 18.6. The van der Waals surface area contributed by atoms with Crippen LogP contribution in [0.5, 0.6) is 5.75 Å². The van der Waals surface area contributed by atoms with Gasteiger partial charge in [0.25, 0.3) is 0 Å². The molecule has 26 heavy (non-hydrogen) atoms. The van der Waals surface area contributed by atoms with Gasteiger partial charge in [-0.2, -0.15) is 0 Å². The molecule has 0 N–H and O–H groups in total. The van der Waals surface area contributed by atoms with Gasteiger partial charge in [0.2, 0.25) is 0 Å². The molecule has 0 aliphatic heterocycles. The maximum Gasteiger partial charge on any atom is 0.118 e. The highest BCUT2D eigenvalue weighted by molar-refractivity contribution is 5.35. The van der Waals surface area contributed by atoms with Crippen molar-refractivity contribution in [2.45, 2.75) is 38.8 Å². The lowest BCUT2D eigenvalue weighted by Crippen LogP contribution is -2.34. The minimum atomic E-state index is 0.218. The molecule has 2 aromatic rings. The molecule has 2 heteroatoms. The Balaban J connectivity index is 2.18. The lowest BCUT2D eigenvalue weighted by molar-refractivity contribution is 0.238. The Kier molecular flexibility index (Phi) is 8.52. The first kappa shape index (κ1) is 19.8. The molecular formula is C24H29NO. The van der Waals surface area contributed by atoms with Gasteiger partial charge < -0.3 is 4.74 Å². The normalized spacial score (nSPS) is 11.5. The number of methoxy groups -OCH3 is 1. The van der Waals surface area contributed by atoms with Gasteiger partial charge >= 0.3 is 0 Å². The van der Waals surface area contributed by atoms with Crippen LogP contribution in [0.15, 0.2) is 67.3 Å². The lowest BCUT2D eigenvalue weighted by atomic mass is 10.1. The Bertz CT molecular complexity index is 709. The maximum atomic E-state index is 5.26. The molecule has 0 aromatic heterocycles. The van der Waals surface area contributed by atoms with E-state index in [1.54, 1.807) is 7.11 Å². The Morgan fingerprint density at radius 2 is 1.85 bits per heavy atom. The molecule has 0 saturated carbocycles. The number of hydrogen-bond donors (Lipinski definition) is 0. The van der Waals surface area contributed by atoms with Crippen LogP contribution < -0.4 is 4.74 Å². The molecule has 1 atom stereocenters. The number of ether oxygens (including phenoxy) is 1. The van der Waals surface area contributed by atoms with Gasteiger partial charge in [-0.05, 0) is 36.2 Å². The molecular weight excluding hydrogens is 318 g/mol. The zero-order valence-electron chi connectivity index (χ0n) is 15.9. The molecule has 0 radical (unpaired) electrons. The van der Waals surface area contributed by atoms with Crippen molar-refractivity contribution in [3.8, 4) is 17.6 Å². The predicted octanol–water partition coefficient (Wildman–Crippen LogP) is 5.29. The summed E-state index contributed by atoms with van der Waals surface area (Å²) in [6.07, 6.45) is 5.38. The van der Waals surface area contributed by atoms with E-state index in [2.05, 4.69) is 54.5 Å². The molecule has 0 spiro atoms. The van der Waals surface area contributed by atoms with E-state index >= 15 is 0 Å². The minimum absolute atomic E-state index is 0.218. The third kappa shape index (κ3) is 6.43. The van der Waals surface area contributed by atoms with E-state index < -0.39 is 0 Å². The summed E-state index contributed by atoms with van der Waals surface area (Å²) in [4.78, 5) is 2.40. The molecule has 0 bridgehead atoms. The van der Waals surface area contributed by atoms with Gasteiger partial charge in [-0.3, -0.25) is 4.90 Å². The SMILES string of the molecule is C=CCN(Cc1ccc(OC)cc1)[C@H](C#Cc1ccccc1)CCCC. The molecule has 2 nitrogen and oxygen atoms in total. The first-order valence-electron chi connectivity index (χ1n) is 9.31. The summed E-state index contributed by atoms with van der Waals surface area (Å²) >= 11 is 0. The topological polar surface area (TPSA) is 12.5 Å². The van der Waals surface area contributed by atoms with Crippen molar-refractivity contribution < 1.29 is 4.74 Å². The highest BCUT2D eigenvalue weighted by Gasteiger charge is 2.15. The van der Waals surface area contributed by atoms with Crippen LogP contribution in [0.1, 0.15) is 37.3 Å². The molecule has 0 heterocycles. The van der Waals surface area contributed by atoms with Gasteiger partial charge in [0.1, 0.15) is 5.75 Å². The summed E-state index contributed by atoms with van der Waals surface area (Å²) in [5.74, 6) is 7.74. The standard InChI is InChI=1S/C24H29NO/c1-4-6-12-23(16-13-21-10-8-7-9-11-21)25(19-5-2)20-22-14-17-24(26-3)18-15-22/h5,7-11,14-15,17-18,23H,2,4,6,12,19-20H2,1,3H3/t23-/m0/s1. The average molecular weight is 348 g/mol. The van der Waals surface area contributed by atoms with Crippen LogP contribution in [0, 0.1) is 11.8 Å². The Morgan fingerprint density at radius 1 is 1.12 bits per heavy atom. The van der Waals surface area contributed by atoms with E-state index in [0.717, 1.165) is 30.8 Å². The summed E-state index contributed by atoms with van der Waals surface area (Å²) in [6, 6.07) is 18.7. The van der Waals surface area contributed by atoms with Crippen molar-refractivity contribution in [3.63, 3.8) is 0 Å². The molecule has 2 rings (SSSR count). The van der Waals surface area contributed by atoms with Crippen LogP contribution in [0.25, 0.3) is 0 Å². The van der Waals surface area contributed by atoms with Gasteiger partial charge in [-0.1, -0.05) is 68.0 Å². The van der Waals surface area contributed by atoms with E-state index in [1.165, 1.54) is 18.4 Å². The second-order valence-corrected chi connectivity index (χ2v) is 6.36. The van der Waals surface area contributed by atoms with E-state index in [4.69, 9.17) is 4.74 Å². The average Bonchev–Trinajstić information content (AvgIpc) is 2.69. The van der Waals surface area contributed by atoms with Crippen molar-refractivity contribution in [2.24, 2.45) is 0 Å². The highest BCUT2D eigenvalue weighted by atomic mass is 16.5. The minimum Gasteiger partial charge on any atom is -0.497 e. The van der Waals surface area contributed by atoms with E-state index in [0.29, 0.717) is 0 Å². The molecule has 0 aliphatic carbocycles.